The highest BCUT2D eigenvalue weighted by Crippen LogP contribution is 2.28. The number of carbonyl (C=O) groups is 2. The van der Waals surface area contributed by atoms with Gasteiger partial charge in [-0.3, -0.25) is 24.6 Å². The Kier molecular flexibility index (Phi) is 6.13. The molecule has 2 aromatic rings. The van der Waals surface area contributed by atoms with Gasteiger partial charge in [-0.15, -0.1) is 5.10 Å². The van der Waals surface area contributed by atoms with Gasteiger partial charge >= 0.3 is 0 Å². The van der Waals surface area contributed by atoms with Gasteiger partial charge in [-0.2, -0.15) is 5.10 Å². The number of hydrogen-bond donors (Lipinski definition) is 1. The first-order valence-electron chi connectivity index (χ1n) is 9.83. The molecule has 0 bridgehead atoms. The number of aliphatic imine (C=N–C) groups is 1. The van der Waals surface area contributed by atoms with E-state index in [0.717, 1.165) is 5.56 Å². The lowest BCUT2D eigenvalue weighted by molar-refractivity contribution is -0.385. The van der Waals surface area contributed by atoms with E-state index in [2.05, 4.69) is 20.5 Å². The van der Waals surface area contributed by atoms with Crippen molar-refractivity contribution in [1.29, 1.82) is 0 Å². The standard InChI is InChI=1S/C22H18N6O4S/c1-13(25-26-22-24-20(29)12-33-22)15-7-9-17(10-8-15)27-14(2)23-18(21(27)30)11-16-5-3-4-6-19(16)28(31)32/h3-11H,12H2,1-2H3,(H,24,26,29)/b18-11-,25-13+. The highest BCUT2D eigenvalue weighted by molar-refractivity contribution is 8.15. The van der Waals surface area contributed by atoms with Gasteiger partial charge in [-0.05, 0) is 43.7 Å². The van der Waals surface area contributed by atoms with Crippen molar-refractivity contribution in [3.63, 3.8) is 0 Å². The molecule has 1 fully saturated rings. The highest BCUT2D eigenvalue weighted by Gasteiger charge is 2.29. The van der Waals surface area contributed by atoms with Gasteiger partial charge in [0.25, 0.3) is 11.6 Å². The minimum Gasteiger partial charge on any atom is -0.303 e. The first kappa shape index (κ1) is 22.1. The molecular weight excluding hydrogens is 444 g/mol. The predicted octanol–water partition coefficient (Wildman–Crippen LogP) is 3.34. The molecule has 4 rings (SSSR count). The van der Waals surface area contributed by atoms with E-state index in [-0.39, 0.29) is 23.2 Å². The molecule has 2 amide bonds. The molecule has 11 heteroatoms. The molecule has 0 spiro atoms. The SMILES string of the molecule is CC1=N/C(=C\c2ccccc2[N+](=O)[O-])C(=O)N1c1ccc(/C(C)=N/N=C2/NC(=O)CS2)cc1. The van der Waals surface area contributed by atoms with Crippen LogP contribution in [0.2, 0.25) is 0 Å². The number of amidine groups is 2. The molecule has 1 N–H and O–H groups in total. The number of nitrogens with zero attached hydrogens (tertiary/aromatic N) is 5. The smallest absolute Gasteiger partial charge is 0.282 e. The molecule has 0 aromatic heterocycles. The topological polar surface area (TPSA) is 130 Å². The van der Waals surface area contributed by atoms with Gasteiger partial charge in [0.15, 0.2) is 5.17 Å². The van der Waals surface area contributed by atoms with Crippen molar-refractivity contribution in [2.45, 2.75) is 13.8 Å². The molecule has 10 nitrogen and oxygen atoms in total. The van der Waals surface area contributed by atoms with Crippen LogP contribution in [0.15, 0.2) is 69.4 Å². The molecule has 33 heavy (non-hydrogen) atoms. The summed E-state index contributed by atoms with van der Waals surface area (Å²) in [6.45, 7) is 3.49. The van der Waals surface area contributed by atoms with Crippen LogP contribution >= 0.6 is 11.8 Å². The van der Waals surface area contributed by atoms with Crippen LogP contribution in [0.4, 0.5) is 11.4 Å². The van der Waals surface area contributed by atoms with E-state index >= 15 is 0 Å². The van der Waals surface area contributed by atoms with Gasteiger partial charge in [0.05, 0.1) is 27.6 Å². The third-order valence-electron chi connectivity index (χ3n) is 4.87. The summed E-state index contributed by atoms with van der Waals surface area (Å²) in [6, 6.07) is 13.3. The van der Waals surface area contributed by atoms with E-state index in [4.69, 9.17) is 0 Å². The maximum Gasteiger partial charge on any atom is 0.282 e. The van der Waals surface area contributed by atoms with Crippen molar-refractivity contribution < 1.29 is 14.5 Å². The maximum absolute atomic E-state index is 13.0. The van der Waals surface area contributed by atoms with Crippen LogP contribution in [-0.2, 0) is 9.59 Å². The Morgan fingerprint density at radius 3 is 2.61 bits per heavy atom. The van der Waals surface area contributed by atoms with Crippen LogP contribution in [0.1, 0.15) is 25.0 Å². The number of nitrogens with one attached hydrogen (secondary N) is 1. The fraction of sp³-hybridized carbons (Fsp3) is 0.136. The molecule has 0 saturated carbocycles. The van der Waals surface area contributed by atoms with E-state index in [1.54, 1.807) is 56.3 Å². The van der Waals surface area contributed by atoms with Crippen molar-refractivity contribution in [1.82, 2.24) is 5.32 Å². The molecule has 1 saturated heterocycles. The fourth-order valence-corrected chi connectivity index (χ4v) is 3.89. The van der Waals surface area contributed by atoms with Crippen LogP contribution in [0, 0.1) is 10.1 Å². The highest BCUT2D eigenvalue weighted by atomic mass is 32.2. The van der Waals surface area contributed by atoms with Crippen molar-refractivity contribution in [2.24, 2.45) is 15.2 Å². The largest absolute Gasteiger partial charge is 0.303 e. The van der Waals surface area contributed by atoms with Gasteiger partial charge in [0.1, 0.15) is 11.5 Å². The average molecular weight is 462 g/mol. The summed E-state index contributed by atoms with van der Waals surface area (Å²) in [6.07, 6.45) is 1.42. The molecule has 0 aliphatic carbocycles. The summed E-state index contributed by atoms with van der Waals surface area (Å²) >= 11 is 1.29. The van der Waals surface area contributed by atoms with Gasteiger partial charge in [0.2, 0.25) is 5.91 Å². The summed E-state index contributed by atoms with van der Waals surface area (Å²) in [5.41, 5.74) is 2.39. The zero-order valence-corrected chi connectivity index (χ0v) is 18.5. The van der Waals surface area contributed by atoms with E-state index in [0.29, 0.717) is 33.7 Å². The molecule has 0 radical (unpaired) electrons. The molecule has 2 aliphatic rings. The lowest BCUT2D eigenvalue weighted by atomic mass is 10.1. The lowest BCUT2D eigenvalue weighted by Gasteiger charge is -2.16. The Hall–Kier alpha value is -4.12. The Bertz CT molecular complexity index is 1280. The molecule has 2 aromatic carbocycles. The van der Waals surface area contributed by atoms with Crippen molar-refractivity contribution >= 4 is 57.7 Å². The average Bonchev–Trinajstić information content (AvgIpc) is 3.34. The van der Waals surface area contributed by atoms with E-state index in [1.807, 2.05) is 0 Å². The quantitative estimate of drug-likeness (QED) is 0.315. The first-order valence-corrected chi connectivity index (χ1v) is 10.8. The van der Waals surface area contributed by atoms with Crippen LogP contribution in [0.25, 0.3) is 6.08 Å². The van der Waals surface area contributed by atoms with E-state index in [1.165, 1.54) is 28.8 Å². The van der Waals surface area contributed by atoms with Crippen LogP contribution < -0.4 is 10.2 Å². The molecule has 2 heterocycles. The number of para-hydroxylation sites is 1. The minimum absolute atomic E-state index is 0.0950. The van der Waals surface area contributed by atoms with Crippen molar-refractivity contribution in [2.75, 3.05) is 10.7 Å². The van der Waals surface area contributed by atoms with Gasteiger partial charge < -0.3 is 5.32 Å². The van der Waals surface area contributed by atoms with Crippen LogP contribution in [0.5, 0.6) is 0 Å². The minimum atomic E-state index is -0.493. The number of carbonyl (C=O) groups excluding carboxylic acids is 2. The Morgan fingerprint density at radius 2 is 1.94 bits per heavy atom. The summed E-state index contributed by atoms with van der Waals surface area (Å²) in [4.78, 5) is 40.7. The van der Waals surface area contributed by atoms with Crippen LogP contribution in [0.3, 0.4) is 0 Å². The zero-order chi connectivity index (χ0) is 23.5. The molecule has 2 aliphatic heterocycles. The normalized spacial score (nSPS) is 18.8. The van der Waals surface area contributed by atoms with Gasteiger partial charge in [0, 0.05) is 6.07 Å². The number of rotatable bonds is 5. The second kappa shape index (κ2) is 9.17. The molecular formula is C22H18N6O4S. The summed E-state index contributed by atoms with van der Waals surface area (Å²) in [5, 5.41) is 22.5. The Labute approximate surface area is 193 Å². The lowest BCUT2D eigenvalue weighted by Crippen LogP contribution is -2.30. The van der Waals surface area contributed by atoms with E-state index in [9.17, 15) is 19.7 Å². The van der Waals surface area contributed by atoms with E-state index < -0.39 is 4.92 Å². The summed E-state index contributed by atoms with van der Waals surface area (Å²) < 4.78 is 0. The third-order valence-corrected chi connectivity index (χ3v) is 5.74. The number of benzene rings is 2. The molecule has 0 atom stereocenters. The Balaban J connectivity index is 1.54. The zero-order valence-electron chi connectivity index (χ0n) is 17.7. The third kappa shape index (κ3) is 4.72. The number of thioether (sulfide) groups is 1. The van der Waals surface area contributed by atoms with Crippen molar-refractivity contribution in [3.8, 4) is 0 Å². The Morgan fingerprint density at radius 1 is 1.21 bits per heavy atom. The number of nitro benzene ring substituents is 1. The van der Waals surface area contributed by atoms with Crippen LogP contribution in [-0.4, -0.2) is 39.2 Å². The number of hydrogen-bond acceptors (Lipinski definition) is 8. The number of nitro groups is 1. The van der Waals surface area contributed by atoms with Crippen molar-refractivity contribution in [3.05, 3.63) is 75.5 Å². The number of amides is 2. The first-order chi connectivity index (χ1) is 15.8. The fourth-order valence-electron chi connectivity index (χ4n) is 3.26. The van der Waals surface area contributed by atoms with Gasteiger partial charge in [-0.25, -0.2) is 4.99 Å². The molecule has 0 unspecified atom stereocenters. The predicted molar refractivity (Wildman–Crippen MR) is 128 cm³/mol. The maximum atomic E-state index is 13.0. The summed E-state index contributed by atoms with van der Waals surface area (Å²) in [7, 11) is 0. The monoisotopic (exact) mass is 462 g/mol. The summed E-state index contributed by atoms with van der Waals surface area (Å²) in [5.74, 6) is 0.326. The van der Waals surface area contributed by atoms with Gasteiger partial charge in [-0.1, -0.05) is 36.0 Å². The second-order valence-corrected chi connectivity index (χ2v) is 8.08. The molecule has 166 valence electrons. The number of anilines is 1. The second-order valence-electron chi connectivity index (χ2n) is 7.12.